The van der Waals surface area contributed by atoms with Gasteiger partial charge in [0.2, 0.25) is 15.8 Å². The summed E-state index contributed by atoms with van der Waals surface area (Å²) in [5, 5.41) is 0. The van der Waals surface area contributed by atoms with Crippen LogP contribution in [0, 0.1) is 18.3 Å². The first-order valence-corrected chi connectivity index (χ1v) is 11.2. The van der Waals surface area contributed by atoms with Gasteiger partial charge in [-0.1, -0.05) is 6.92 Å². The average molecular weight is 434 g/mol. The third-order valence-electron chi connectivity index (χ3n) is 5.97. The molecule has 0 bridgehead atoms. The van der Waals surface area contributed by atoms with E-state index >= 15 is 0 Å². The summed E-state index contributed by atoms with van der Waals surface area (Å²) in [5.74, 6) is -0.747. The van der Waals surface area contributed by atoms with E-state index in [4.69, 9.17) is 4.74 Å². The lowest BCUT2D eigenvalue weighted by atomic mass is 9.74. The van der Waals surface area contributed by atoms with Crippen molar-refractivity contribution in [1.29, 1.82) is 0 Å². The number of sulfonamides is 1. The quantitative estimate of drug-likeness (QED) is 0.703. The van der Waals surface area contributed by atoms with Gasteiger partial charge in [0.15, 0.2) is 0 Å². The normalized spacial score (nSPS) is 25.2. The molecule has 1 atom stereocenters. The molecule has 11 heteroatoms. The van der Waals surface area contributed by atoms with Gasteiger partial charge >= 0.3 is 6.18 Å². The van der Waals surface area contributed by atoms with E-state index in [-0.39, 0.29) is 28.1 Å². The number of hydrogen-bond acceptors (Lipinski definition) is 6. The van der Waals surface area contributed by atoms with Gasteiger partial charge in [-0.25, -0.2) is 18.4 Å². The summed E-state index contributed by atoms with van der Waals surface area (Å²) in [4.78, 5) is 9.09. The summed E-state index contributed by atoms with van der Waals surface area (Å²) in [6.07, 6.45) is -3.56. The molecule has 1 unspecified atom stereocenters. The first-order chi connectivity index (χ1) is 13.5. The molecule has 1 spiro atoms. The molecule has 4 rings (SSSR count). The molecule has 3 aliphatic rings. The zero-order valence-corrected chi connectivity index (χ0v) is 17.3. The molecular formula is C18H25F3N4O3S. The van der Waals surface area contributed by atoms with Crippen molar-refractivity contribution in [2.45, 2.75) is 37.8 Å². The van der Waals surface area contributed by atoms with Crippen molar-refractivity contribution >= 4 is 10.0 Å². The summed E-state index contributed by atoms with van der Waals surface area (Å²) in [6.45, 7) is 7.92. The van der Waals surface area contributed by atoms with E-state index in [1.54, 1.807) is 6.92 Å². The minimum Gasteiger partial charge on any atom is -0.381 e. The second kappa shape index (κ2) is 7.14. The Balaban J connectivity index is 1.45. The lowest BCUT2D eigenvalue weighted by molar-refractivity contribution is -0.145. The smallest absolute Gasteiger partial charge is 0.381 e. The summed E-state index contributed by atoms with van der Waals surface area (Å²) >= 11 is 0. The molecule has 0 aromatic carbocycles. The zero-order chi connectivity index (χ0) is 21.0. The third kappa shape index (κ3) is 3.77. The number of aryl methyl sites for hydroxylation is 2. The van der Waals surface area contributed by atoms with Crippen molar-refractivity contribution in [2.75, 3.05) is 45.9 Å². The van der Waals surface area contributed by atoms with Crippen molar-refractivity contribution in [3.05, 3.63) is 17.2 Å². The molecule has 0 radical (unpaired) electrons. The van der Waals surface area contributed by atoms with Crippen LogP contribution in [0.1, 0.15) is 30.6 Å². The number of aromatic nitrogens is 2. The molecule has 4 heterocycles. The minimum atomic E-state index is -4.71. The standard InChI is InChI=1S/C18H25F3N4O3S/c1-3-14-15(12(2)22-16(23-14)18(19,20)21)29(26,27)25-10-17(11-25)8-24(9-17)6-13-4-5-28-7-13/h13H,3-11H2,1-2H3. The predicted octanol–water partition coefficient (Wildman–Crippen LogP) is 1.71. The van der Waals surface area contributed by atoms with Crippen LogP contribution >= 0.6 is 0 Å². The van der Waals surface area contributed by atoms with Crippen molar-refractivity contribution in [3.63, 3.8) is 0 Å². The van der Waals surface area contributed by atoms with E-state index in [1.165, 1.54) is 11.2 Å². The van der Waals surface area contributed by atoms with Gasteiger partial charge in [-0.3, -0.25) is 0 Å². The van der Waals surface area contributed by atoms with E-state index in [9.17, 15) is 21.6 Å². The van der Waals surface area contributed by atoms with Crippen molar-refractivity contribution in [2.24, 2.45) is 11.3 Å². The van der Waals surface area contributed by atoms with Gasteiger partial charge in [-0.15, -0.1) is 0 Å². The molecule has 29 heavy (non-hydrogen) atoms. The van der Waals surface area contributed by atoms with Crippen LogP contribution in [-0.4, -0.2) is 73.5 Å². The van der Waals surface area contributed by atoms with Crippen LogP contribution in [0.2, 0.25) is 0 Å². The van der Waals surface area contributed by atoms with E-state index < -0.39 is 22.0 Å². The minimum absolute atomic E-state index is 0.0421. The molecule has 1 aromatic heterocycles. The Labute approximate surface area is 168 Å². The maximum atomic E-state index is 13.1. The molecule has 3 saturated heterocycles. The van der Waals surface area contributed by atoms with Crippen LogP contribution in [0.4, 0.5) is 13.2 Å². The third-order valence-corrected chi connectivity index (χ3v) is 7.96. The highest BCUT2D eigenvalue weighted by Gasteiger charge is 2.55. The van der Waals surface area contributed by atoms with E-state index in [0.29, 0.717) is 19.0 Å². The SMILES string of the molecule is CCc1nc(C(F)(F)F)nc(C)c1S(=O)(=O)N1CC2(CN(CC3CCOC3)C2)C1. The molecule has 0 aliphatic carbocycles. The number of ether oxygens (including phenoxy) is 1. The van der Waals surface area contributed by atoms with Gasteiger partial charge in [-0.05, 0) is 25.7 Å². The first-order valence-electron chi connectivity index (χ1n) is 9.79. The molecule has 1 aromatic rings. The Kier molecular flexibility index (Phi) is 5.16. The monoisotopic (exact) mass is 434 g/mol. The second-order valence-corrected chi connectivity index (χ2v) is 10.3. The van der Waals surface area contributed by atoms with Crippen LogP contribution in [0.25, 0.3) is 0 Å². The van der Waals surface area contributed by atoms with Crippen molar-refractivity contribution in [1.82, 2.24) is 19.2 Å². The molecule has 3 fully saturated rings. The second-order valence-electron chi connectivity index (χ2n) is 8.43. The van der Waals surface area contributed by atoms with E-state index in [2.05, 4.69) is 14.9 Å². The molecule has 162 valence electrons. The summed E-state index contributed by atoms with van der Waals surface area (Å²) in [6, 6.07) is 0. The fraction of sp³-hybridized carbons (Fsp3) is 0.778. The molecule has 3 aliphatic heterocycles. The molecular weight excluding hydrogens is 409 g/mol. The fourth-order valence-electron chi connectivity index (χ4n) is 4.65. The Morgan fingerprint density at radius 1 is 1.21 bits per heavy atom. The Hall–Kier alpha value is -1.30. The van der Waals surface area contributed by atoms with Gasteiger partial charge in [0.25, 0.3) is 0 Å². The van der Waals surface area contributed by atoms with Gasteiger partial charge in [-0.2, -0.15) is 17.5 Å². The largest absolute Gasteiger partial charge is 0.451 e. The lowest BCUT2D eigenvalue weighted by Gasteiger charge is -2.60. The fourth-order valence-corrected chi connectivity index (χ4v) is 6.70. The highest BCUT2D eigenvalue weighted by Crippen LogP contribution is 2.43. The van der Waals surface area contributed by atoms with E-state index in [1.807, 2.05) is 0 Å². The van der Waals surface area contributed by atoms with Crippen LogP contribution in [-0.2, 0) is 27.4 Å². The van der Waals surface area contributed by atoms with Crippen LogP contribution in [0.5, 0.6) is 0 Å². The Morgan fingerprint density at radius 3 is 2.45 bits per heavy atom. The van der Waals surface area contributed by atoms with E-state index in [0.717, 1.165) is 39.3 Å². The number of likely N-dealkylation sites (tertiary alicyclic amines) is 1. The number of hydrogen-bond donors (Lipinski definition) is 0. The van der Waals surface area contributed by atoms with Crippen LogP contribution in [0.15, 0.2) is 4.90 Å². The average Bonchev–Trinajstić information content (AvgIpc) is 3.06. The molecule has 0 N–H and O–H groups in total. The number of halogens is 3. The molecule has 0 saturated carbocycles. The highest BCUT2D eigenvalue weighted by molar-refractivity contribution is 7.89. The maximum absolute atomic E-state index is 13.1. The van der Waals surface area contributed by atoms with Crippen molar-refractivity contribution in [3.8, 4) is 0 Å². The summed E-state index contributed by atoms with van der Waals surface area (Å²) in [7, 11) is -3.92. The Bertz CT molecular complexity index is 886. The summed E-state index contributed by atoms with van der Waals surface area (Å²) in [5.41, 5.74) is -0.275. The number of alkyl halides is 3. The lowest BCUT2D eigenvalue weighted by Crippen LogP contribution is -2.73. The van der Waals surface area contributed by atoms with Crippen LogP contribution < -0.4 is 0 Å². The number of rotatable bonds is 5. The maximum Gasteiger partial charge on any atom is 0.451 e. The van der Waals surface area contributed by atoms with Crippen LogP contribution in [0.3, 0.4) is 0 Å². The molecule has 7 nitrogen and oxygen atoms in total. The van der Waals surface area contributed by atoms with Gasteiger partial charge < -0.3 is 9.64 Å². The molecule has 0 amide bonds. The number of nitrogens with zero attached hydrogens (tertiary/aromatic N) is 4. The summed E-state index contributed by atoms with van der Waals surface area (Å²) < 4.78 is 71.9. The van der Waals surface area contributed by atoms with Gasteiger partial charge in [0.05, 0.1) is 18.0 Å². The highest BCUT2D eigenvalue weighted by atomic mass is 32.2. The first kappa shape index (κ1) is 21.0. The van der Waals surface area contributed by atoms with Gasteiger partial charge in [0, 0.05) is 44.7 Å². The van der Waals surface area contributed by atoms with Crippen molar-refractivity contribution < 1.29 is 26.3 Å². The topological polar surface area (TPSA) is 75.6 Å². The zero-order valence-electron chi connectivity index (χ0n) is 16.5. The Morgan fingerprint density at radius 2 is 1.90 bits per heavy atom. The predicted molar refractivity (Wildman–Crippen MR) is 97.7 cm³/mol. The van der Waals surface area contributed by atoms with Gasteiger partial charge in [0.1, 0.15) is 4.90 Å².